The van der Waals surface area contributed by atoms with Gasteiger partial charge in [0.15, 0.2) is 5.54 Å². The summed E-state index contributed by atoms with van der Waals surface area (Å²) in [4.78, 5) is 40.2. The lowest BCUT2D eigenvalue weighted by atomic mass is 9.99. The van der Waals surface area contributed by atoms with Gasteiger partial charge in [0.1, 0.15) is 17.9 Å². The van der Waals surface area contributed by atoms with Crippen LogP contribution in [0.4, 0.5) is 4.79 Å². The van der Waals surface area contributed by atoms with Gasteiger partial charge in [-0.05, 0) is 19.1 Å². The van der Waals surface area contributed by atoms with Gasteiger partial charge < -0.3 is 14.6 Å². The fourth-order valence-corrected chi connectivity index (χ4v) is 3.06. The molecule has 7 heteroatoms. The molecule has 0 spiro atoms. The summed E-state index contributed by atoms with van der Waals surface area (Å²) in [5.41, 5.74) is -0.744. The minimum Gasteiger partial charge on any atom is -0.458 e. The van der Waals surface area contributed by atoms with Crippen LogP contribution >= 0.6 is 0 Å². The molecule has 7 nitrogen and oxygen atoms in total. The standard InChI is InChI=1S/C20H21N3O4/c1-4-10-22(11-5-2)17(24)13-23-18(25)20(3,21-19(23)26)16-12-14-8-6-7-9-15(14)27-16/h4-9,12H,1-2,10-11,13H2,3H3,(H,21,26)/t20-/m1/s1. The molecular weight excluding hydrogens is 346 g/mol. The molecule has 27 heavy (non-hydrogen) atoms. The molecule has 1 aliphatic heterocycles. The molecule has 0 saturated carbocycles. The van der Waals surface area contributed by atoms with Gasteiger partial charge in [-0.2, -0.15) is 0 Å². The molecule has 0 unspecified atom stereocenters. The first-order valence-electron chi connectivity index (χ1n) is 8.53. The molecule has 0 bridgehead atoms. The van der Waals surface area contributed by atoms with E-state index in [2.05, 4.69) is 18.5 Å². The summed E-state index contributed by atoms with van der Waals surface area (Å²) >= 11 is 0. The van der Waals surface area contributed by atoms with E-state index in [4.69, 9.17) is 4.42 Å². The largest absolute Gasteiger partial charge is 0.458 e. The number of urea groups is 1. The maximum Gasteiger partial charge on any atom is 0.325 e. The van der Waals surface area contributed by atoms with E-state index in [9.17, 15) is 14.4 Å². The number of rotatable bonds is 7. The van der Waals surface area contributed by atoms with Crippen LogP contribution in [0, 0.1) is 0 Å². The Morgan fingerprint density at radius 2 is 1.93 bits per heavy atom. The maximum atomic E-state index is 13.0. The van der Waals surface area contributed by atoms with Gasteiger partial charge in [0.05, 0.1) is 0 Å². The van der Waals surface area contributed by atoms with Crippen LogP contribution in [0.5, 0.6) is 0 Å². The molecule has 1 atom stereocenters. The topological polar surface area (TPSA) is 82.9 Å². The predicted octanol–water partition coefficient (Wildman–Crippen LogP) is 2.40. The predicted molar refractivity (Wildman–Crippen MR) is 101 cm³/mol. The van der Waals surface area contributed by atoms with E-state index in [1.54, 1.807) is 31.2 Å². The van der Waals surface area contributed by atoms with E-state index in [1.165, 1.54) is 4.90 Å². The van der Waals surface area contributed by atoms with Crippen molar-refractivity contribution in [3.63, 3.8) is 0 Å². The normalized spacial score (nSPS) is 19.2. The zero-order valence-corrected chi connectivity index (χ0v) is 15.1. The molecule has 1 saturated heterocycles. The minimum absolute atomic E-state index is 0.301. The highest BCUT2D eigenvalue weighted by molar-refractivity contribution is 6.09. The minimum atomic E-state index is -1.36. The zero-order chi connectivity index (χ0) is 19.6. The van der Waals surface area contributed by atoms with Gasteiger partial charge in [0, 0.05) is 18.5 Å². The molecule has 140 valence electrons. The van der Waals surface area contributed by atoms with E-state index < -0.39 is 17.5 Å². The molecule has 1 aromatic carbocycles. The SMILES string of the molecule is C=CCN(CC=C)C(=O)CN1C(=O)N[C@](C)(c2cc3ccccc3o2)C1=O. The second kappa shape index (κ2) is 7.11. The van der Waals surface area contributed by atoms with Gasteiger partial charge >= 0.3 is 6.03 Å². The van der Waals surface area contributed by atoms with Gasteiger partial charge in [0.25, 0.3) is 5.91 Å². The Bertz CT molecular complexity index is 889. The molecule has 1 N–H and O–H groups in total. The number of hydrogen-bond acceptors (Lipinski definition) is 4. The summed E-state index contributed by atoms with van der Waals surface area (Å²) in [5.74, 6) is -0.574. The first kappa shape index (κ1) is 18.4. The molecule has 1 aromatic heterocycles. The molecule has 0 radical (unpaired) electrons. The number of amides is 4. The summed E-state index contributed by atoms with van der Waals surface area (Å²) in [6.07, 6.45) is 3.15. The molecule has 4 amide bonds. The van der Waals surface area contributed by atoms with E-state index in [0.717, 1.165) is 10.3 Å². The van der Waals surface area contributed by atoms with Crippen molar-refractivity contribution in [3.8, 4) is 0 Å². The number of fused-ring (bicyclic) bond motifs is 1. The monoisotopic (exact) mass is 367 g/mol. The van der Waals surface area contributed by atoms with E-state index in [0.29, 0.717) is 24.4 Å². The van der Waals surface area contributed by atoms with Crippen LogP contribution in [0.1, 0.15) is 12.7 Å². The van der Waals surface area contributed by atoms with Crippen LogP contribution in [0.3, 0.4) is 0 Å². The third-order valence-electron chi connectivity index (χ3n) is 4.54. The smallest absolute Gasteiger partial charge is 0.325 e. The quantitative estimate of drug-likeness (QED) is 0.602. The highest BCUT2D eigenvalue weighted by Gasteiger charge is 2.51. The number of imide groups is 1. The lowest BCUT2D eigenvalue weighted by Crippen LogP contribution is -2.44. The Morgan fingerprint density at radius 1 is 1.26 bits per heavy atom. The first-order valence-corrected chi connectivity index (χ1v) is 8.53. The van der Waals surface area contributed by atoms with Crippen molar-refractivity contribution >= 4 is 28.8 Å². The Morgan fingerprint density at radius 3 is 2.56 bits per heavy atom. The van der Waals surface area contributed by atoms with Crippen molar-refractivity contribution < 1.29 is 18.8 Å². The summed E-state index contributed by atoms with van der Waals surface area (Å²) in [7, 11) is 0. The Kier molecular flexibility index (Phi) is 4.85. The van der Waals surface area contributed by atoms with Crippen molar-refractivity contribution in [1.29, 1.82) is 0 Å². The van der Waals surface area contributed by atoms with Crippen LogP contribution in [0.2, 0.25) is 0 Å². The lowest BCUT2D eigenvalue weighted by molar-refractivity contribution is -0.138. The first-order chi connectivity index (χ1) is 12.9. The van der Waals surface area contributed by atoms with E-state index in [1.807, 2.05) is 18.2 Å². The number of para-hydroxylation sites is 1. The Hall–Kier alpha value is -3.35. The number of carbonyl (C=O) groups is 3. The van der Waals surface area contributed by atoms with Crippen LogP contribution in [-0.2, 0) is 15.1 Å². The fraction of sp³-hybridized carbons (Fsp3) is 0.250. The Labute approximate surface area is 156 Å². The van der Waals surface area contributed by atoms with Crippen molar-refractivity contribution in [1.82, 2.24) is 15.1 Å². The number of nitrogens with one attached hydrogen (secondary N) is 1. The zero-order valence-electron chi connectivity index (χ0n) is 15.1. The van der Waals surface area contributed by atoms with Gasteiger partial charge in [-0.3, -0.25) is 14.5 Å². The Balaban J connectivity index is 1.84. The van der Waals surface area contributed by atoms with Crippen LogP contribution in [0.15, 0.2) is 60.1 Å². The second-order valence-corrected chi connectivity index (χ2v) is 6.47. The highest BCUT2D eigenvalue weighted by Crippen LogP contribution is 2.32. The van der Waals surface area contributed by atoms with Crippen molar-refractivity contribution in [2.75, 3.05) is 19.6 Å². The van der Waals surface area contributed by atoms with E-state index in [-0.39, 0.29) is 12.5 Å². The van der Waals surface area contributed by atoms with Crippen molar-refractivity contribution in [2.45, 2.75) is 12.5 Å². The molecular formula is C20H21N3O4. The average Bonchev–Trinajstić information content (AvgIpc) is 3.17. The summed E-state index contributed by atoms with van der Waals surface area (Å²) < 4.78 is 5.77. The number of benzene rings is 1. The molecule has 3 rings (SSSR count). The third-order valence-corrected chi connectivity index (χ3v) is 4.54. The molecule has 0 aliphatic carbocycles. The van der Waals surface area contributed by atoms with Gasteiger partial charge in [-0.25, -0.2) is 4.79 Å². The lowest BCUT2D eigenvalue weighted by Gasteiger charge is -2.22. The highest BCUT2D eigenvalue weighted by atomic mass is 16.3. The summed E-state index contributed by atoms with van der Waals surface area (Å²) in [6.45, 7) is 9.03. The summed E-state index contributed by atoms with van der Waals surface area (Å²) in [6, 6.07) is 8.42. The molecule has 1 aliphatic rings. The van der Waals surface area contributed by atoms with Gasteiger partial charge in [0.2, 0.25) is 5.91 Å². The van der Waals surface area contributed by atoms with Gasteiger partial charge in [-0.1, -0.05) is 30.4 Å². The van der Waals surface area contributed by atoms with Crippen LogP contribution in [-0.4, -0.2) is 47.3 Å². The summed E-state index contributed by atoms with van der Waals surface area (Å²) in [5, 5.41) is 3.48. The van der Waals surface area contributed by atoms with Gasteiger partial charge in [-0.15, -0.1) is 13.2 Å². The van der Waals surface area contributed by atoms with E-state index >= 15 is 0 Å². The molecule has 1 fully saturated rings. The van der Waals surface area contributed by atoms with Crippen molar-refractivity contribution in [3.05, 3.63) is 61.4 Å². The third kappa shape index (κ3) is 3.23. The number of nitrogens with zero attached hydrogens (tertiary/aromatic N) is 2. The van der Waals surface area contributed by atoms with Crippen LogP contribution < -0.4 is 5.32 Å². The maximum absolute atomic E-state index is 13.0. The van der Waals surface area contributed by atoms with Crippen LogP contribution in [0.25, 0.3) is 11.0 Å². The second-order valence-electron chi connectivity index (χ2n) is 6.47. The average molecular weight is 367 g/mol. The molecule has 2 heterocycles. The number of carbonyl (C=O) groups excluding carboxylic acids is 3. The number of furan rings is 1. The number of hydrogen-bond donors (Lipinski definition) is 1. The van der Waals surface area contributed by atoms with Crippen molar-refractivity contribution in [2.24, 2.45) is 0 Å². The molecule has 2 aromatic rings. The fourth-order valence-electron chi connectivity index (χ4n) is 3.06.